The van der Waals surface area contributed by atoms with E-state index >= 15 is 0 Å². The minimum atomic E-state index is 0.278. The number of guanidine groups is 1. The molecule has 7 heteroatoms. The lowest BCUT2D eigenvalue weighted by Gasteiger charge is -2.21. The Hall–Kier alpha value is -1.63. The van der Waals surface area contributed by atoms with Crippen LogP contribution in [0.2, 0.25) is 0 Å². The smallest absolute Gasteiger partial charge is 0.225 e. The van der Waals surface area contributed by atoms with Crippen molar-refractivity contribution in [2.45, 2.75) is 64.8 Å². The van der Waals surface area contributed by atoms with Crippen molar-refractivity contribution in [1.29, 1.82) is 0 Å². The van der Waals surface area contributed by atoms with Crippen LogP contribution in [0.3, 0.4) is 0 Å². The molecule has 1 aromatic heterocycles. The number of amides is 1. The van der Waals surface area contributed by atoms with Gasteiger partial charge < -0.3 is 15.5 Å². The maximum absolute atomic E-state index is 12.6. The third kappa shape index (κ3) is 5.92. The van der Waals surface area contributed by atoms with Gasteiger partial charge in [-0.2, -0.15) is 0 Å². The fourth-order valence-corrected chi connectivity index (χ4v) is 4.78. The van der Waals surface area contributed by atoms with E-state index in [0.717, 1.165) is 69.9 Å². The molecule has 150 valence electrons. The molecule has 0 spiro atoms. The summed E-state index contributed by atoms with van der Waals surface area (Å²) in [5, 5.41) is 10.2. The Labute approximate surface area is 166 Å². The highest BCUT2D eigenvalue weighted by Crippen LogP contribution is 2.27. The molecule has 2 aliphatic rings. The van der Waals surface area contributed by atoms with Crippen molar-refractivity contribution in [3.63, 3.8) is 0 Å². The summed E-state index contributed by atoms with van der Waals surface area (Å²) in [5.74, 6) is 1.52. The van der Waals surface area contributed by atoms with Gasteiger partial charge in [0, 0.05) is 55.6 Å². The van der Waals surface area contributed by atoms with Crippen LogP contribution in [0.25, 0.3) is 0 Å². The second kappa shape index (κ2) is 10.1. The largest absolute Gasteiger partial charge is 0.357 e. The number of aliphatic imine (C=N–C) groups is 1. The monoisotopic (exact) mass is 391 g/mol. The molecule has 1 unspecified atom stereocenters. The topological polar surface area (TPSA) is 69.6 Å². The van der Waals surface area contributed by atoms with Gasteiger partial charge in [0.25, 0.3) is 0 Å². The van der Waals surface area contributed by atoms with Gasteiger partial charge in [-0.3, -0.25) is 9.79 Å². The zero-order chi connectivity index (χ0) is 19.1. The molecular weight excluding hydrogens is 358 g/mol. The lowest BCUT2D eigenvalue weighted by molar-refractivity contribution is -0.134. The SMILES string of the molecule is CCNC(=NCCCc1nc(C)cs1)NC1CCN(C(=O)C2CCCC2)C1. The van der Waals surface area contributed by atoms with Crippen molar-refractivity contribution in [2.75, 3.05) is 26.2 Å². The first-order valence-electron chi connectivity index (χ1n) is 10.4. The van der Waals surface area contributed by atoms with Gasteiger partial charge in [-0.05, 0) is 39.5 Å². The lowest BCUT2D eigenvalue weighted by atomic mass is 10.1. The molecule has 2 fully saturated rings. The van der Waals surface area contributed by atoms with Gasteiger partial charge in [0.2, 0.25) is 5.91 Å². The number of hydrogen-bond donors (Lipinski definition) is 2. The van der Waals surface area contributed by atoms with Crippen LogP contribution in [0.4, 0.5) is 0 Å². The zero-order valence-corrected chi connectivity index (χ0v) is 17.5. The van der Waals surface area contributed by atoms with Crippen molar-refractivity contribution < 1.29 is 4.79 Å². The highest BCUT2D eigenvalue weighted by molar-refractivity contribution is 7.09. The van der Waals surface area contributed by atoms with E-state index in [1.165, 1.54) is 17.8 Å². The molecular formula is C20H33N5OS. The van der Waals surface area contributed by atoms with Gasteiger partial charge in [0.05, 0.1) is 5.01 Å². The Morgan fingerprint density at radius 3 is 2.89 bits per heavy atom. The summed E-state index contributed by atoms with van der Waals surface area (Å²) in [7, 11) is 0. The Morgan fingerprint density at radius 2 is 2.19 bits per heavy atom. The summed E-state index contributed by atoms with van der Waals surface area (Å²) in [6, 6.07) is 0.301. The number of rotatable bonds is 7. The predicted octanol–water partition coefficient (Wildman–Crippen LogP) is 2.73. The molecule has 27 heavy (non-hydrogen) atoms. The molecule has 2 heterocycles. The molecule has 3 rings (SSSR count). The van der Waals surface area contributed by atoms with Crippen LogP contribution in [-0.2, 0) is 11.2 Å². The summed E-state index contributed by atoms with van der Waals surface area (Å²) < 4.78 is 0. The number of aryl methyl sites for hydroxylation is 2. The fraction of sp³-hybridized carbons (Fsp3) is 0.750. The van der Waals surface area contributed by atoms with Crippen molar-refractivity contribution >= 4 is 23.2 Å². The maximum Gasteiger partial charge on any atom is 0.225 e. The van der Waals surface area contributed by atoms with Crippen LogP contribution in [0, 0.1) is 12.8 Å². The molecule has 1 amide bonds. The highest BCUT2D eigenvalue weighted by Gasteiger charge is 2.32. The van der Waals surface area contributed by atoms with E-state index in [2.05, 4.69) is 32.8 Å². The molecule has 1 aliphatic heterocycles. The Kier molecular flexibility index (Phi) is 7.50. The van der Waals surface area contributed by atoms with Crippen LogP contribution >= 0.6 is 11.3 Å². The highest BCUT2D eigenvalue weighted by atomic mass is 32.1. The summed E-state index contributed by atoms with van der Waals surface area (Å²) >= 11 is 1.73. The molecule has 1 saturated carbocycles. The van der Waals surface area contributed by atoms with E-state index in [4.69, 9.17) is 4.99 Å². The standard InChI is InChI=1S/C20H33N5OS/c1-3-21-20(22-11-6-9-18-23-15(2)14-27-18)24-17-10-12-25(13-17)19(26)16-7-4-5-8-16/h14,16-17H,3-13H2,1-2H3,(H2,21,22,24). The van der Waals surface area contributed by atoms with Gasteiger partial charge in [-0.1, -0.05) is 12.8 Å². The molecule has 1 aromatic rings. The molecule has 0 bridgehead atoms. The Balaban J connectivity index is 1.43. The van der Waals surface area contributed by atoms with E-state index in [0.29, 0.717) is 11.9 Å². The second-order valence-electron chi connectivity index (χ2n) is 7.64. The van der Waals surface area contributed by atoms with E-state index < -0.39 is 0 Å². The number of aromatic nitrogens is 1. The number of carbonyl (C=O) groups is 1. The number of thiazole rings is 1. The first-order chi connectivity index (χ1) is 13.2. The predicted molar refractivity (Wildman–Crippen MR) is 111 cm³/mol. The average molecular weight is 392 g/mol. The minimum absolute atomic E-state index is 0.278. The molecule has 0 aromatic carbocycles. The number of hydrogen-bond acceptors (Lipinski definition) is 4. The number of carbonyl (C=O) groups excluding carboxylic acids is 1. The van der Waals surface area contributed by atoms with Crippen LogP contribution in [-0.4, -0.2) is 54.0 Å². The van der Waals surface area contributed by atoms with Gasteiger partial charge >= 0.3 is 0 Å². The molecule has 2 N–H and O–H groups in total. The van der Waals surface area contributed by atoms with Crippen molar-refractivity contribution in [2.24, 2.45) is 10.9 Å². The van der Waals surface area contributed by atoms with E-state index in [1.807, 2.05) is 6.92 Å². The minimum Gasteiger partial charge on any atom is -0.357 e. The van der Waals surface area contributed by atoms with Crippen LogP contribution in [0.5, 0.6) is 0 Å². The molecule has 1 saturated heterocycles. The quantitative estimate of drug-likeness (QED) is 0.426. The lowest BCUT2D eigenvalue weighted by Crippen LogP contribution is -2.45. The van der Waals surface area contributed by atoms with E-state index in [1.54, 1.807) is 11.3 Å². The maximum atomic E-state index is 12.6. The van der Waals surface area contributed by atoms with Gasteiger partial charge in [-0.15, -0.1) is 11.3 Å². The summed E-state index contributed by atoms with van der Waals surface area (Å²) in [5.41, 5.74) is 1.10. The van der Waals surface area contributed by atoms with Gasteiger partial charge in [-0.25, -0.2) is 4.98 Å². The number of likely N-dealkylation sites (tertiary alicyclic amines) is 1. The van der Waals surface area contributed by atoms with Crippen LogP contribution < -0.4 is 10.6 Å². The molecule has 1 aliphatic carbocycles. The average Bonchev–Trinajstić information content (AvgIpc) is 3.40. The second-order valence-corrected chi connectivity index (χ2v) is 8.59. The Morgan fingerprint density at radius 1 is 1.37 bits per heavy atom. The first kappa shape index (κ1) is 20.1. The van der Waals surface area contributed by atoms with Crippen molar-refractivity contribution in [1.82, 2.24) is 20.5 Å². The summed E-state index contributed by atoms with van der Waals surface area (Å²) in [6.07, 6.45) is 7.57. The van der Waals surface area contributed by atoms with Crippen LogP contribution in [0.15, 0.2) is 10.4 Å². The first-order valence-corrected chi connectivity index (χ1v) is 11.3. The van der Waals surface area contributed by atoms with Crippen molar-refractivity contribution in [3.8, 4) is 0 Å². The van der Waals surface area contributed by atoms with Gasteiger partial charge in [0.1, 0.15) is 0 Å². The molecule has 0 radical (unpaired) electrons. The van der Waals surface area contributed by atoms with Crippen molar-refractivity contribution in [3.05, 3.63) is 16.1 Å². The summed E-state index contributed by atoms with van der Waals surface area (Å²) in [4.78, 5) is 23.9. The number of nitrogens with one attached hydrogen (secondary N) is 2. The third-order valence-electron chi connectivity index (χ3n) is 5.37. The van der Waals surface area contributed by atoms with E-state index in [9.17, 15) is 4.79 Å². The van der Waals surface area contributed by atoms with Gasteiger partial charge in [0.15, 0.2) is 5.96 Å². The third-order valence-corrected chi connectivity index (χ3v) is 6.40. The van der Waals surface area contributed by atoms with E-state index in [-0.39, 0.29) is 5.92 Å². The normalized spacial score (nSPS) is 21.0. The molecule has 6 nitrogen and oxygen atoms in total. The van der Waals surface area contributed by atoms with Crippen LogP contribution in [0.1, 0.15) is 56.2 Å². The summed E-state index contributed by atoms with van der Waals surface area (Å²) in [6.45, 7) is 7.42. The zero-order valence-electron chi connectivity index (χ0n) is 16.7. The number of nitrogens with zero attached hydrogens (tertiary/aromatic N) is 3. The fourth-order valence-electron chi connectivity index (χ4n) is 3.96. The molecule has 1 atom stereocenters. The Bertz CT molecular complexity index is 638.